The number of H-pyrrole nitrogens is 1. The number of aromatic nitrogens is 4. The number of nitrogens with zero attached hydrogens (tertiary/aromatic N) is 5. The van der Waals surface area contributed by atoms with Crippen LogP contribution in [0.15, 0.2) is 6.20 Å². The van der Waals surface area contributed by atoms with Crippen LogP contribution < -0.4 is 10.6 Å². The lowest BCUT2D eigenvalue weighted by atomic mass is 10.3. The third kappa shape index (κ3) is 3.60. The average Bonchev–Trinajstić information content (AvgIpc) is 2.95. The number of fused-ring (bicyclic) bond motifs is 1. The molecular weight excluding hydrogens is 266 g/mol. The van der Waals surface area contributed by atoms with Gasteiger partial charge in [0.15, 0.2) is 5.65 Å². The van der Waals surface area contributed by atoms with Crippen molar-refractivity contribution in [3.05, 3.63) is 6.20 Å². The molecule has 0 spiro atoms. The molecule has 0 fully saturated rings. The predicted octanol–water partition coefficient (Wildman–Crippen LogP) is 1.49. The van der Waals surface area contributed by atoms with Crippen molar-refractivity contribution in [1.82, 2.24) is 25.1 Å². The Morgan fingerprint density at radius 1 is 1.10 bits per heavy atom. The Morgan fingerprint density at radius 2 is 1.86 bits per heavy atom. The van der Waals surface area contributed by atoms with E-state index < -0.39 is 0 Å². The summed E-state index contributed by atoms with van der Waals surface area (Å²) in [7, 11) is 0. The third-order valence-electron chi connectivity index (χ3n) is 3.78. The van der Waals surface area contributed by atoms with E-state index in [4.69, 9.17) is 5.73 Å². The number of anilines is 2. The lowest BCUT2D eigenvalue weighted by Crippen LogP contribution is -2.30. The summed E-state index contributed by atoms with van der Waals surface area (Å²) in [4.78, 5) is 13.2. The minimum Gasteiger partial charge on any atom is -0.368 e. The quantitative estimate of drug-likeness (QED) is 0.766. The minimum absolute atomic E-state index is 0.281. The van der Waals surface area contributed by atoms with Crippen LogP contribution in [0.25, 0.3) is 11.0 Å². The van der Waals surface area contributed by atoms with Gasteiger partial charge in [0.2, 0.25) is 5.95 Å². The van der Waals surface area contributed by atoms with Gasteiger partial charge >= 0.3 is 0 Å². The van der Waals surface area contributed by atoms with Gasteiger partial charge < -0.3 is 15.5 Å². The van der Waals surface area contributed by atoms with Crippen molar-refractivity contribution in [2.45, 2.75) is 27.2 Å². The number of hydrogen-bond acceptors (Lipinski definition) is 6. The zero-order chi connectivity index (χ0) is 15.2. The summed E-state index contributed by atoms with van der Waals surface area (Å²) in [5.41, 5.74) is 6.49. The molecule has 7 nitrogen and oxygen atoms in total. The molecule has 2 heterocycles. The molecule has 0 saturated heterocycles. The number of nitrogen functional groups attached to an aromatic ring is 1. The first-order valence-corrected chi connectivity index (χ1v) is 7.63. The molecule has 0 amide bonds. The van der Waals surface area contributed by atoms with Crippen molar-refractivity contribution < 1.29 is 0 Å². The van der Waals surface area contributed by atoms with Crippen molar-refractivity contribution in [2.75, 3.05) is 43.4 Å². The van der Waals surface area contributed by atoms with E-state index in [0.717, 1.165) is 50.3 Å². The van der Waals surface area contributed by atoms with E-state index in [0.29, 0.717) is 5.65 Å². The number of nitrogens with two attached hydrogens (primary N) is 1. The van der Waals surface area contributed by atoms with Crippen molar-refractivity contribution >= 4 is 22.8 Å². The molecule has 0 saturated carbocycles. The Morgan fingerprint density at radius 3 is 2.52 bits per heavy atom. The molecule has 0 aromatic carbocycles. The summed E-state index contributed by atoms with van der Waals surface area (Å²) in [6, 6.07) is 0. The fraction of sp³-hybridized carbons (Fsp3) is 0.643. The normalized spacial score (nSPS) is 11.4. The van der Waals surface area contributed by atoms with E-state index in [-0.39, 0.29) is 5.95 Å². The summed E-state index contributed by atoms with van der Waals surface area (Å²) in [5, 5.41) is 7.82. The average molecular weight is 291 g/mol. The monoisotopic (exact) mass is 291 g/mol. The molecule has 2 aromatic rings. The van der Waals surface area contributed by atoms with Gasteiger partial charge in [0.05, 0.1) is 11.6 Å². The van der Waals surface area contributed by atoms with E-state index in [9.17, 15) is 0 Å². The third-order valence-corrected chi connectivity index (χ3v) is 3.78. The van der Waals surface area contributed by atoms with Gasteiger partial charge in [-0.05, 0) is 33.0 Å². The van der Waals surface area contributed by atoms with E-state index in [1.807, 2.05) is 0 Å². The van der Waals surface area contributed by atoms with Crippen LogP contribution in [0.3, 0.4) is 0 Å². The van der Waals surface area contributed by atoms with Crippen LogP contribution in [0.2, 0.25) is 0 Å². The van der Waals surface area contributed by atoms with Crippen LogP contribution in [0, 0.1) is 0 Å². The van der Waals surface area contributed by atoms with Gasteiger partial charge in [-0.15, -0.1) is 0 Å². The summed E-state index contributed by atoms with van der Waals surface area (Å²) in [6.07, 6.45) is 2.86. The molecular formula is C14H25N7. The van der Waals surface area contributed by atoms with Crippen LogP contribution in [-0.4, -0.2) is 57.8 Å². The lowest BCUT2D eigenvalue weighted by Gasteiger charge is -2.24. The molecule has 2 rings (SSSR count). The minimum atomic E-state index is 0.281. The van der Waals surface area contributed by atoms with E-state index in [2.05, 4.69) is 50.7 Å². The second kappa shape index (κ2) is 7.21. The fourth-order valence-electron chi connectivity index (χ4n) is 2.52. The predicted molar refractivity (Wildman–Crippen MR) is 86.4 cm³/mol. The Bertz CT molecular complexity index is 561. The van der Waals surface area contributed by atoms with Gasteiger partial charge in [-0.3, -0.25) is 5.10 Å². The lowest BCUT2D eigenvalue weighted by molar-refractivity contribution is 0.300. The van der Waals surface area contributed by atoms with E-state index in [1.165, 1.54) is 0 Å². The largest absolute Gasteiger partial charge is 0.368 e. The van der Waals surface area contributed by atoms with Gasteiger partial charge in [-0.1, -0.05) is 13.8 Å². The van der Waals surface area contributed by atoms with Gasteiger partial charge in [-0.2, -0.15) is 15.1 Å². The van der Waals surface area contributed by atoms with Gasteiger partial charge in [-0.25, -0.2) is 0 Å². The molecule has 0 aliphatic rings. The molecule has 21 heavy (non-hydrogen) atoms. The molecule has 3 N–H and O–H groups in total. The highest BCUT2D eigenvalue weighted by atomic mass is 15.2. The topological polar surface area (TPSA) is 87.0 Å². The maximum Gasteiger partial charge on any atom is 0.224 e. The molecule has 0 aliphatic heterocycles. The van der Waals surface area contributed by atoms with Crippen molar-refractivity contribution in [2.24, 2.45) is 0 Å². The van der Waals surface area contributed by atoms with Crippen LogP contribution >= 0.6 is 0 Å². The Kier molecular flexibility index (Phi) is 5.32. The Balaban J connectivity index is 2.10. The van der Waals surface area contributed by atoms with Crippen LogP contribution in [0.5, 0.6) is 0 Å². The smallest absolute Gasteiger partial charge is 0.224 e. The molecule has 2 aromatic heterocycles. The molecule has 0 aliphatic carbocycles. The highest BCUT2D eigenvalue weighted by Gasteiger charge is 2.14. The zero-order valence-electron chi connectivity index (χ0n) is 13.1. The van der Waals surface area contributed by atoms with E-state index in [1.54, 1.807) is 6.20 Å². The highest BCUT2D eigenvalue weighted by molar-refractivity contribution is 5.87. The standard InChI is InChI=1S/C14H25N7/c1-4-20(5-2)8-7-9-21(6-3)13-11-10-16-19-12(11)17-14(15)18-13/h10H,4-9H2,1-3H3,(H3,15,16,17,18,19). The first-order valence-electron chi connectivity index (χ1n) is 7.63. The second-order valence-corrected chi connectivity index (χ2v) is 5.00. The van der Waals surface area contributed by atoms with Crippen molar-refractivity contribution in [1.29, 1.82) is 0 Å². The van der Waals surface area contributed by atoms with Crippen LogP contribution in [0.4, 0.5) is 11.8 Å². The molecule has 0 radical (unpaired) electrons. The van der Waals surface area contributed by atoms with Crippen molar-refractivity contribution in [3.63, 3.8) is 0 Å². The number of hydrogen-bond donors (Lipinski definition) is 2. The number of rotatable bonds is 8. The molecule has 0 atom stereocenters. The van der Waals surface area contributed by atoms with Crippen LogP contribution in [-0.2, 0) is 0 Å². The second-order valence-electron chi connectivity index (χ2n) is 5.00. The van der Waals surface area contributed by atoms with E-state index >= 15 is 0 Å². The van der Waals surface area contributed by atoms with Gasteiger partial charge in [0.1, 0.15) is 5.82 Å². The molecule has 0 unspecified atom stereocenters. The van der Waals surface area contributed by atoms with Crippen LogP contribution in [0.1, 0.15) is 27.2 Å². The number of aromatic amines is 1. The van der Waals surface area contributed by atoms with Gasteiger partial charge in [0.25, 0.3) is 0 Å². The molecule has 0 bridgehead atoms. The summed E-state index contributed by atoms with van der Waals surface area (Å²) in [6.45, 7) is 11.6. The Hall–Kier alpha value is -1.89. The Labute approximate surface area is 125 Å². The maximum absolute atomic E-state index is 5.79. The summed E-state index contributed by atoms with van der Waals surface area (Å²) < 4.78 is 0. The molecule has 116 valence electrons. The summed E-state index contributed by atoms with van der Waals surface area (Å²) >= 11 is 0. The molecule has 7 heteroatoms. The first-order chi connectivity index (χ1) is 10.2. The summed E-state index contributed by atoms with van der Waals surface area (Å²) in [5.74, 6) is 1.15. The van der Waals surface area contributed by atoms with Crippen molar-refractivity contribution in [3.8, 4) is 0 Å². The fourth-order valence-corrected chi connectivity index (χ4v) is 2.52. The maximum atomic E-state index is 5.79. The number of nitrogens with one attached hydrogen (secondary N) is 1. The zero-order valence-corrected chi connectivity index (χ0v) is 13.1. The highest BCUT2D eigenvalue weighted by Crippen LogP contribution is 2.23. The van der Waals surface area contributed by atoms with Gasteiger partial charge in [0, 0.05) is 13.1 Å². The first kappa shape index (κ1) is 15.5. The SMILES string of the molecule is CCN(CC)CCCN(CC)c1nc(N)nc2[nH]ncc12.